The maximum Gasteiger partial charge on any atom is 0.253 e. The predicted molar refractivity (Wildman–Crippen MR) is 90.6 cm³/mol. The van der Waals surface area contributed by atoms with Crippen molar-refractivity contribution in [1.82, 2.24) is 15.2 Å². The molecule has 3 rings (SSSR count). The minimum absolute atomic E-state index is 0.0516. The number of hydrogen-bond acceptors (Lipinski definition) is 3. The third kappa shape index (κ3) is 4.15. The zero-order chi connectivity index (χ0) is 16.1. The monoisotopic (exact) mass is 319 g/mol. The second-order valence-electron chi connectivity index (χ2n) is 7.15. The first kappa shape index (κ1) is 16.5. The number of aromatic nitrogens is 1. The highest BCUT2D eigenvalue weighted by atomic mass is 16.5. The van der Waals surface area contributed by atoms with E-state index >= 15 is 0 Å². The van der Waals surface area contributed by atoms with Gasteiger partial charge in [0.15, 0.2) is 0 Å². The van der Waals surface area contributed by atoms with Gasteiger partial charge < -0.3 is 15.0 Å². The SMILES string of the molecule is Cc1[nH]ccc1C(=O)NCC1(CN2CCOCC2)CCCCC1. The van der Waals surface area contributed by atoms with Gasteiger partial charge >= 0.3 is 0 Å². The number of ether oxygens (including phenoxy) is 1. The van der Waals surface area contributed by atoms with Crippen LogP contribution in [0.3, 0.4) is 0 Å². The zero-order valence-corrected chi connectivity index (χ0v) is 14.2. The largest absolute Gasteiger partial charge is 0.379 e. The lowest BCUT2D eigenvalue weighted by Crippen LogP contribution is -2.49. The molecule has 2 aliphatic rings. The number of aryl methyl sites for hydroxylation is 1. The van der Waals surface area contributed by atoms with Crippen LogP contribution in [0.1, 0.15) is 48.2 Å². The highest BCUT2D eigenvalue weighted by Crippen LogP contribution is 2.36. The number of carbonyl (C=O) groups excluding carboxylic acids is 1. The Hall–Kier alpha value is -1.33. The lowest BCUT2D eigenvalue weighted by atomic mass is 9.73. The fraction of sp³-hybridized carbons (Fsp3) is 0.722. The Balaban J connectivity index is 1.61. The first-order valence-electron chi connectivity index (χ1n) is 8.91. The summed E-state index contributed by atoms with van der Waals surface area (Å²) in [7, 11) is 0. The van der Waals surface area contributed by atoms with E-state index in [0.717, 1.165) is 50.7 Å². The number of hydrogen-bond donors (Lipinski definition) is 2. The Labute approximate surface area is 138 Å². The molecular formula is C18H29N3O2. The van der Waals surface area contributed by atoms with Gasteiger partial charge in [0.2, 0.25) is 0 Å². The number of morpholine rings is 1. The average molecular weight is 319 g/mol. The summed E-state index contributed by atoms with van der Waals surface area (Å²) in [6.07, 6.45) is 8.16. The lowest BCUT2D eigenvalue weighted by Gasteiger charge is -2.42. The van der Waals surface area contributed by atoms with Crippen LogP contribution in [0, 0.1) is 12.3 Å². The molecule has 1 amide bonds. The molecule has 0 aromatic carbocycles. The summed E-state index contributed by atoms with van der Waals surface area (Å²) in [5.74, 6) is 0.0516. The molecule has 1 aromatic rings. The molecule has 0 bridgehead atoms. The highest BCUT2D eigenvalue weighted by Gasteiger charge is 2.34. The molecule has 2 fully saturated rings. The van der Waals surface area contributed by atoms with Crippen molar-refractivity contribution in [2.24, 2.45) is 5.41 Å². The summed E-state index contributed by atoms with van der Waals surface area (Å²) in [6, 6.07) is 1.86. The van der Waals surface area contributed by atoms with Crippen LogP contribution in [-0.4, -0.2) is 55.2 Å². The van der Waals surface area contributed by atoms with Gasteiger partial charge in [-0.15, -0.1) is 0 Å². The summed E-state index contributed by atoms with van der Waals surface area (Å²) in [4.78, 5) is 18.0. The van der Waals surface area contributed by atoms with Gasteiger partial charge in [-0.25, -0.2) is 0 Å². The van der Waals surface area contributed by atoms with Gasteiger partial charge in [-0.1, -0.05) is 19.3 Å². The van der Waals surface area contributed by atoms with E-state index in [-0.39, 0.29) is 11.3 Å². The molecule has 23 heavy (non-hydrogen) atoms. The van der Waals surface area contributed by atoms with Crippen molar-refractivity contribution in [2.45, 2.75) is 39.0 Å². The van der Waals surface area contributed by atoms with E-state index in [0.29, 0.717) is 0 Å². The maximum atomic E-state index is 12.4. The Morgan fingerprint density at radius 3 is 2.70 bits per heavy atom. The van der Waals surface area contributed by atoms with Crippen molar-refractivity contribution in [2.75, 3.05) is 39.4 Å². The number of H-pyrrole nitrogens is 1. The molecule has 1 aliphatic heterocycles. The fourth-order valence-electron chi connectivity index (χ4n) is 3.99. The molecule has 0 spiro atoms. The van der Waals surface area contributed by atoms with E-state index in [2.05, 4.69) is 15.2 Å². The van der Waals surface area contributed by atoms with Gasteiger partial charge in [-0.2, -0.15) is 0 Å². The normalized spacial score (nSPS) is 22.0. The minimum Gasteiger partial charge on any atom is -0.379 e. The van der Waals surface area contributed by atoms with E-state index < -0.39 is 0 Å². The molecule has 1 saturated heterocycles. The number of nitrogens with one attached hydrogen (secondary N) is 2. The van der Waals surface area contributed by atoms with Crippen molar-refractivity contribution in [3.8, 4) is 0 Å². The Bertz CT molecular complexity index is 514. The molecule has 1 aromatic heterocycles. The van der Waals surface area contributed by atoms with Gasteiger partial charge in [0.25, 0.3) is 5.91 Å². The van der Waals surface area contributed by atoms with Crippen LogP contribution in [0.25, 0.3) is 0 Å². The number of aromatic amines is 1. The van der Waals surface area contributed by atoms with Crippen LogP contribution in [0.2, 0.25) is 0 Å². The minimum atomic E-state index is 0.0516. The molecule has 1 aliphatic carbocycles. The number of carbonyl (C=O) groups is 1. The second kappa shape index (κ2) is 7.49. The molecule has 1 saturated carbocycles. The van der Waals surface area contributed by atoms with E-state index in [9.17, 15) is 4.79 Å². The van der Waals surface area contributed by atoms with Crippen LogP contribution in [0.5, 0.6) is 0 Å². The van der Waals surface area contributed by atoms with Crippen molar-refractivity contribution in [3.05, 3.63) is 23.5 Å². The van der Waals surface area contributed by atoms with Crippen molar-refractivity contribution in [1.29, 1.82) is 0 Å². The predicted octanol–water partition coefficient (Wildman–Crippen LogP) is 2.34. The first-order chi connectivity index (χ1) is 11.2. The third-order valence-corrected chi connectivity index (χ3v) is 5.40. The molecule has 5 heteroatoms. The number of nitrogens with zero attached hydrogens (tertiary/aromatic N) is 1. The van der Waals surface area contributed by atoms with Crippen LogP contribution < -0.4 is 5.32 Å². The summed E-state index contributed by atoms with van der Waals surface area (Å²) >= 11 is 0. The van der Waals surface area contributed by atoms with E-state index in [1.54, 1.807) is 0 Å². The smallest absolute Gasteiger partial charge is 0.253 e. The average Bonchev–Trinajstić information content (AvgIpc) is 3.01. The molecular weight excluding hydrogens is 290 g/mol. The van der Waals surface area contributed by atoms with Crippen LogP contribution in [-0.2, 0) is 4.74 Å². The fourth-order valence-corrected chi connectivity index (χ4v) is 3.99. The van der Waals surface area contributed by atoms with Gasteiger partial charge in [0.05, 0.1) is 18.8 Å². The van der Waals surface area contributed by atoms with E-state index in [1.165, 1.54) is 32.1 Å². The van der Waals surface area contributed by atoms with E-state index in [1.807, 2.05) is 19.2 Å². The Morgan fingerprint density at radius 1 is 1.30 bits per heavy atom. The lowest BCUT2D eigenvalue weighted by molar-refractivity contribution is 0.00728. The summed E-state index contributed by atoms with van der Waals surface area (Å²) in [5.41, 5.74) is 1.94. The van der Waals surface area contributed by atoms with Crippen molar-refractivity contribution in [3.63, 3.8) is 0 Å². The molecule has 128 valence electrons. The van der Waals surface area contributed by atoms with E-state index in [4.69, 9.17) is 4.74 Å². The standard InChI is InChI=1S/C18H29N3O2/c1-15-16(5-8-19-15)17(22)20-13-18(6-3-2-4-7-18)14-21-9-11-23-12-10-21/h5,8,19H,2-4,6-7,9-14H2,1H3,(H,20,22). The van der Waals surface area contributed by atoms with Crippen molar-refractivity contribution < 1.29 is 9.53 Å². The van der Waals surface area contributed by atoms with Crippen molar-refractivity contribution >= 4 is 5.91 Å². The van der Waals surface area contributed by atoms with Gasteiger partial charge in [0, 0.05) is 43.5 Å². The first-order valence-corrected chi connectivity index (χ1v) is 8.91. The summed E-state index contributed by atoms with van der Waals surface area (Å²) in [5, 5.41) is 3.21. The second-order valence-corrected chi connectivity index (χ2v) is 7.15. The van der Waals surface area contributed by atoms with Crippen LogP contribution in [0.15, 0.2) is 12.3 Å². The Kier molecular flexibility index (Phi) is 5.38. The zero-order valence-electron chi connectivity index (χ0n) is 14.2. The summed E-state index contributed by atoms with van der Waals surface area (Å²) in [6.45, 7) is 7.53. The molecule has 0 radical (unpaired) electrons. The molecule has 0 unspecified atom stereocenters. The summed E-state index contributed by atoms with van der Waals surface area (Å²) < 4.78 is 5.47. The quantitative estimate of drug-likeness (QED) is 0.876. The third-order valence-electron chi connectivity index (χ3n) is 5.40. The topological polar surface area (TPSA) is 57.4 Å². The Morgan fingerprint density at radius 2 is 2.04 bits per heavy atom. The number of rotatable bonds is 5. The molecule has 0 atom stereocenters. The van der Waals surface area contributed by atoms with Gasteiger partial charge in [-0.05, 0) is 25.8 Å². The number of amides is 1. The van der Waals surface area contributed by atoms with Crippen LogP contribution in [0.4, 0.5) is 0 Å². The molecule has 2 N–H and O–H groups in total. The highest BCUT2D eigenvalue weighted by molar-refractivity contribution is 5.95. The van der Waals surface area contributed by atoms with Gasteiger partial charge in [-0.3, -0.25) is 9.69 Å². The molecule has 2 heterocycles. The van der Waals surface area contributed by atoms with Crippen LogP contribution >= 0.6 is 0 Å². The maximum absolute atomic E-state index is 12.4. The molecule has 5 nitrogen and oxygen atoms in total. The van der Waals surface area contributed by atoms with Gasteiger partial charge in [0.1, 0.15) is 0 Å².